The molecule has 0 radical (unpaired) electrons. The highest BCUT2D eigenvalue weighted by Gasteiger charge is 2.26. The van der Waals surface area contributed by atoms with Gasteiger partial charge in [0.2, 0.25) is 5.75 Å². The Labute approximate surface area is 158 Å². The number of nitro groups is 1. The predicted molar refractivity (Wildman–Crippen MR) is 101 cm³/mol. The molecule has 0 aromatic heterocycles. The Balaban J connectivity index is 2.09. The molecular formula is C18H27N3O6. The molecule has 150 valence electrons. The van der Waals surface area contributed by atoms with Gasteiger partial charge in [0.25, 0.3) is 0 Å². The van der Waals surface area contributed by atoms with E-state index >= 15 is 0 Å². The normalized spacial score (nSPS) is 15.3. The van der Waals surface area contributed by atoms with Crippen molar-refractivity contribution >= 4 is 17.5 Å². The van der Waals surface area contributed by atoms with Crippen molar-refractivity contribution in [3.8, 4) is 5.75 Å². The minimum absolute atomic E-state index is 0.00173. The molecule has 1 aromatic rings. The minimum atomic E-state index is -0.679. The molecule has 0 unspecified atom stereocenters. The first kappa shape index (κ1) is 20.9. The van der Waals surface area contributed by atoms with Crippen molar-refractivity contribution in [2.24, 2.45) is 0 Å². The number of methoxy groups -OCH3 is 1. The highest BCUT2D eigenvalue weighted by molar-refractivity contribution is 5.88. The van der Waals surface area contributed by atoms with Crippen molar-refractivity contribution in [1.29, 1.82) is 0 Å². The zero-order valence-corrected chi connectivity index (χ0v) is 16.2. The standard InChI is InChI=1S/C18H27N3O6/c1-18(2,3)13-11-14(16(25-4)15(12-13)21(23)24)19-17(22)27-10-7-20-5-8-26-9-6-20/h11-12H,5-10H2,1-4H3,(H,19,22). The third-order valence-corrected chi connectivity index (χ3v) is 4.32. The van der Waals surface area contributed by atoms with Crippen LogP contribution >= 0.6 is 0 Å². The molecule has 1 saturated heterocycles. The molecule has 0 atom stereocenters. The number of rotatable bonds is 6. The quantitative estimate of drug-likeness (QED) is 0.597. The fourth-order valence-electron chi connectivity index (χ4n) is 2.73. The Morgan fingerprint density at radius 2 is 2.00 bits per heavy atom. The number of ether oxygens (including phenoxy) is 3. The number of nitrogens with zero attached hydrogens (tertiary/aromatic N) is 2. The summed E-state index contributed by atoms with van der Waals surface area (Å²) in [6.45, 7) is 9.58. The largest absolute Gasteiger partial charge is 0.489 e. The Kier molecular flexibility index (Phi) is 6.98. The molecule has 9 heteroatoms. The number of benzene rings is 1. The maximum Gasteiger partial charge on any atom is 0.411 e. The number of morpholine rings is 1. The first-order valence-corrected chi connectivity index (χ1v) is 8.83. The number of carbonyl (C=O) groups excluding carboxylic acids is 1. The number of anilines is 1. The van der Waals surface area contributed by atoms with Gasteiger partial charge in [-0.3, -0.25) is 20.3 Å². The molecule has 9 nitrogen and oxygen atoms in total. The fourth-order valence-corrected chi connectivity index (χ4v) is 2.73. The Bertz CT molecular complexity index is 680. The average Bonchev–Trinajstić information content (AvgIpc) is 2.61. The van der Waals surface area contributed by atoms with Gasteiger partial charge >= 0.3 is 11.8 Å². The highest BCUT2D eigenvalue weighted by atomic mass is 16.6. The van der Waals surface area contributed by atoms with E-state index in [9.17, 15) is 14.9 Å². The lowest BCUT2D eigenvalue weighted by atomic mass is 9.86. The van der Waals surface area contributed by atoms with Gasteiger partial charge < -0.3 is 14.2 Å². The average molecular weight is 381 g/mol. The summed E-state index contributed by atoms with van der Waals surface area (Å²) in [6.07, 6.45) is -0.679. The number of hydrogen-bond acceptors (Lipinski definition) is 7. The summed E-state index contributed by atoms with van der Waals surface area (Å²) < 4.78 is 15.7. The third-order valence-electron chi connectivity index (χ3n) is 4.32. The molecule has 1 fully saturated rings. The van der Waals surface area contributed by atoms with Gasteiger partial charge in [0.05, 0.1) is 30.9 Å². The third kappa shape index (κ3) is 5.80. The Morgan fingerprint density at radius 1 is 1.33 bits per heavy atom. The first-order chi connectivity index (χ1) is 12.7. The molecule has 27 heavy (non-hydrogen) atoms. The molecule has 0 bridgehead atoms. The van der Waals surface area contributed by atoms with Crippen LogP contribution in [-0.2, 0) is 14.9 Å². The summed E-state index contributed by atoms with van der Waals surface area (Å²) >= 11 is 0. The highest BCUT2D eigenvalue weighted by Crippen LogP contribution is 2.39. The molecule has 1 heterocycles. The van der Waals surface area contributed by atoms with Gasteiger partial charge in [0.15, 0.2) is 0 Å². The molecule has 0 aliphatic carbocycles. The van der Waals surface area contributed by atoms with Crippen molar-refractivity contribution in [3.63, 3.8) is 0 Å². The summed E-state index contributed by atoms with van der Waals surface area (Å²) in [6, 6.07) is 3.14. The van der Waals surface area contributed by atoms with E-state index in [1.54, 1.807) is 6.07 Å². The Hall–Kier alpha value is -2.39. The number of nitro benzene ring substituents is 1. The zero-order chi connectivity index (χ0) is 20.0. The van der Waals surface area contributed by atoms with E-state index in [0.717, 1.165) is 13.1 Å². The molecule has 1 amide bonds. The molecular weight excluding hydrogens is 354 g/mol. The van der Waals surface area contributed by atoms with E-state index < -0.39 is 11.0 Å². The van der Waals surface area contributed by atoms with Crippen molar-refractivity contribution in [2.75, 3.05) is 51.9 Å². The summed E-state index contributed by atoms with van der Waals surface area (Å²) in [7, 11) is 1.33. The molecule has 1 aliphatic heterocycles. The molecule has 1 aromatic carbocycles. The van der Waals surface area contributed by atoms with Crippen LogP contribution in [0.2, 0.25) is 0 Å². The fraction of sp³-hybridized carbons (Fsp3) is 0.611. The van der Waals surface area contributed by atoms with Crippen LogP contribution in [0.4, 0.5) is 16.2 Å². The van der Waals surface area contributed by atoms with Gasteiger partial charge in [0, 0.05) is 25.7 Å². The minimum Gasteiger partial charge on any atom is -0.489 e. The number of hydrogen-bond donors (Lipinski definition) is 1. The van der Waals surface area contributed by atoms with Crippen molar-refractivity contribution in [3.05, 3.63) is 27.8 Å². The maximum atomic E-state index is 12.2. The van der Waals surface area contributed by atoms with Crippen LogP contribution in [0.15, 0.2) is 12.1 Å². The van der Waals surface area contributed by atoms with E-state index in [4.69, 9.17) is 14.2 Å². The molecule has 2 rings (SSSR count). The van der Waals surface area contributed by atoms with Crippen LogP contribution in [0.3, 0.4) is 0 Å². The van der Waals surface area contributed by atoms with Gasteiger partial charge in [0.1, 0.15) is 6.61 Å². The van der Waals surface area contributed by atoms with Crippen LogP contribution in [0.5, 0.6) is 5.75 Å². The summed E-state index contributed by atoms with van der Waals surface area (Å²) in [5, 5.41) is 14.0. The zero-order valence-electron chi connectivity index (χ0n) is 16.2. The van der Waals surface area contributed by atoms with Crippen LogP contribution < -0.4 is 10.1 Å². The van der Waals surface area contributed by atoms with Gasteiger partial charge in [-0.2, -0.15) is 0 Å². The topological polar surface area (TPSA) is 103 Å². The molecule has 0 spiro atoms. The molecule has 1 aliphatic rings. The van der Waals surface area contributed by atoms with Gasteiger partial charge in [-0.25, -0.2) is 4.79 Å². The second-order valence-electron chi connectivity index (χ2n) is 7.30. The first-order valence-electron chi connectivity index (χ1n) is 8.83. The number of amides is 1. The van der Waals surface area contributed by atoms with E-state index in [2.05, 4.69) is 10.2 Å². The molecule has 0 saturated carbocycles. The maximum absolute atomic E-state index is 12.2. The van der Waals surface area contributed by atoms with E-state index in [-0.39, 0.29) is 29.1 Å². The van der Waals surface area contributed by atoms with Crippen molar-refractivity contribution in [2.45, 2.75) is 26.2 Å². The number of carbonyl (C=O) groups is 1. The van der Waals surface area contributed by atoms with Gasteiger partial charge in [-0.15, -0.1) is 0 Å². The monoisotopic (exact) mass is 381 g/mol. The van der Waals surface area contributed by atoms with E-state index in [1.165, 1.54) is 13.2 Å². The second-order valence-corrected chi connectivity index (χ2v) is 7.30. The van der Waals surface area contributed by atoms with Crippen LogP contribution in [-0.4, -0.2) is 62.5 Å². The van der Waals surface area contributed by atoms with E-state index in [1.807, 2.05) is 20.8 Å². The lowest BCUT2D eigenvalue weighted by Gasteiger charge is -2.26. The van der Waals surface area contributed by atoms with Crippen LogP contribution in [0, 0.1) is 10.1 Å². The van der Waals surface area contributed by atoms with Crippen LogP contribution in [0.1, 0.15) is 26.3 Å². The summed E-state index contributed by atoms with van der Waals surface area (Å²) in [4.78, 5) is 25.2. The summed E-state index contributed by atoms with van der Waals surface area (Å²) in [5.74, 6) is -0.00173. The van der Waals surface area contributed by atoms with Gasteiger partial charge in [-0.05, 0) is 17.0 Å². The smallest absolute Gasteiger partial charge is 0.411 e. The molecule has 1 N–H and O–H groups in total. The number of nitrogens with one attached hydrogen (secondary N) is 1. The van der Waals surface area contributed by atoms with Crippen molar-refractivity contribution in [1.82, 2.24) is 4.90 Å². The second kappa shape index (κ2) is 9.01. The van der Waals surface area contributed by atoms with E-state index in [0.29, 0.717) is 25.3 Å². The Morgan fingerprint density at radius 3 is 2.56 bits per heavy atom. The lowest BCUT2D eigenvalue weighted by molar-refractivity contribution is -0.385. The van der Waals surface area contributed by atoms with Crippen molar-refractivity contribution < 1.29 is 23.9 Å². The lowest BCUT2D eigenvalue weighted by Crippen LogP contribution is -2.38. The van der Waals surface area contributed by atoms with Gasteiger partial charge in [-0.1, -0.05) is 20.8 Å². The summed E-state index contributed by atoms with van der Waals surface area (Å²) in [5.41, 5.74) is 0.383. The predicted octanol–water partition coefficient (Wildman–Crippen LogP) is 2.78. The SMILES string of the molecule is COc1c(NC(=O)OCCN2CCOCC2)cc(C(C)(C)C)cc1[N+](=O)[O-]. The van der Waals surface area contributed by atoms with Crippen LogP contribution in [0.25, 0.3) is 0 Å².